The van der Waals surface area contributed by atoms with Gasteiger partial charge in [-0.1, -0.05) is 24.3 Å². The zero-order valence-electron chi connectivity index (χ0n) is 18.2. The van der Waals surface area contributed by atoms with Crippen molar-refractivity contribution in [2.75, 3.05) is 13.2 Å². The number of hydrogen-bond acceptors (Lipinski definition) is 5. The average molecular weight is 437 g/mol. The topological polar surface area (TPSA) is 85.3 Å². The van der Waals surface area contributed by atoms with Gasteiger partial charge in [-0.05, 0) is 51.0 Å². The van der Waals surface area contributed by atoms with Gasteiger partial charge in [0.25, 0.3) is 5.91 Å². The molecule has 0 aliphatic carbocycles. The highest BCUT2D eigenvalue weighted by Gasteiger charge is 2.53. The number of para-hydroxylation sites is 1. The van der Waals surface area contributed by atoms with Crippen LogP contribution in [0.4, 0.5) is 0 Å². The van der Waals surface area contributed by atoms with Gasteiger partial charge < -0.3 is 24.2 Å². The Labute approximate surface area is 186 Å². The van der Waals surface area contributed by atoms with Gasteiger partial charge in [0.05, 0.1) is 18.2 Å². The summed E-state index contributed by atoms with van der Waals surface area (Å²) in [7, 11) is 0. The summed E-state index contributed by atoms with van der Waals surface area (Å²) in [6.07, 6.45) is 1.53. The maximum Gasteiger partial charge on any atom is 0.341 e. The lowest BCUT2D eigenvalue weighted by molar-refractivity contribution is -0.159. The van der Waals surface area contributed by atoms with Gasteiger partial charge in [0.1, 0.15) is 17.1 Å². The second-order valence-corrected chi connectivity index (χ2v) is 9.25. The van der Waals surface area contributed by atoms with Crippen LogP contribution >= 0.6 is 0 Å². The summed E-state index contributed by atoms with van der Waals surface area (Å²) in [5.74, 6) is 0.220. The number of carboxylic acids is 1. The van der Waals surface area contributed by atoms with Gasteiger partial charge in [0.2, 0.25) is 0 Å². The summed E-state index contributed by atoms with van der Waals surface area (Å²) < 4.78 is 18.2. The van der Waals surface area contributed by atoms with E-state index in [-0.39, 0.29) is 30.1 Å². The molecule has 3 heterocycles. The summed E-state index contributed by atoms with van der Waals surface area (Å²) in [6.45, 7) is 4.36. The van der Waals surface area contributed by atoms with E-state index in [1.165, 1.54) is 0 Å². The highest BCUT2D eigenvalue weighted by molar-refractivity contribution is 5.95. The van der Waals surface area contributed by atoms with Crippen molar-refractivity contribution in [1.29, 1.82) is 0 Å². The summed E-state index contributed by atoms with van der Waals surface area (Å²) in [4.78, 5) is 26.1. The molecule has 2 saturated heterocycles. The number of carboxylic acid groups (broad SMARTS) is 1. The van der Waals surface area contributed by atoms with Crippen LogP contribution in [0, 0.1) is 5.92 Å². The van der Waals surface area contributed by atoms with Crippen LogP contribution in [0.5, 0.6) is 11.5 Å². The molecule has 0 spiro atoms. The van der Waals surface area contributed by atoms with E-state index in [0.29, 0.717) is 17.9 Å². The van der Waals surface area contributed by atoms with Gasteiger partial charge in [0.15, 0.2) is 6.61 Å². The third-order valence-electron chi connectivity index (χ3n) is 6.86. The first kappa shape index (κ1) is 20.8. The molecule has 0 unspecified atom stereocenters. The standard InChI is InChI=1S/C25H27NO6/c1-25(2)18-13-19-21(31-23(18)17-8-3-4-9-20(17)32-25)10-11-26(19)24(29)15-6-5-7-16(12-15)30-14-22(27)28/h3-9,12,18-19,21,23H,10-11,13-14H2,1-2H3,(H,27,28)/t18-,19+,21-,23+/m0/s1. The number of hydrogen-bond donors (Lipinski definition) is 1. The highest BCUT2D eigenvalue weighted by Crippen LogP contribution is 2.52. The summed E-state index contributed by atoms with van der Waals surface area (Å²) in [5.41, 5.74) is 1.16. The molecule has 5 rings (SSSR count). The van der Waals surface area contributed by atoms with Gasteiger partial charge in [-0.2, -0.15) is 0 Å². The van der Waals surface area contributed by atoms with Crippen LogP contribution in [0.1, 0.15) is 48.7 Å². The first-order chi connectivity index (χ1) is 15.3. The van der Waals surface area contributed by atoms with Crippen LogP contribution in [0.3, 0.4) is 0 Å². The number of fused-ring (bicyclic) bond motifs is 4. The molecule has 4 atom stereocenters. The Bertz CT molecular complexity index is 1050. The summed E-state index contributed by atoms with van der Waals surface area (Å²) in [5, 5.41) is 8.83. The molecule has 32 heavy (non-hydrogen) atoms. The van der Waals surface area contributed by atoms with Gasteiger partial charge in [-0.25, -0.2) is 4.79 Å². The Hall–Kier alpha value is -3.06. The minimum Gasteiger partial charge on any atom is -0.487 e. The summed E-state index contributed by atoms with van der Waals surface area (Å²) in [6, 6.07) is 14.7. The van der Waals surface area contributed by atoms with E-state index in [0.717, 1.165) is 24.2 Å². The van der Waals surface area contributed by atoms with Crippen LogP contribution in [0.15, 0.2) is 48.5 Å². The lowest BCUT2D eigenvalue weighted by Crippen LogP contribution is -2.54. The van der Waals surface area contributed by atoms with Crippen molar-refractivity contribution in [3.05, 3.63) is 59.7 Å². The van der Waals surface area contributed by atoms with Crippen molar-refractivity contribution >= 4 is 11.9 Å². The van der Waals surface area contributed by atoms with Crippen LogP contribution in [0.2, 0.25) is 0 Å². The van der Waals surface area contributed by atoms with Crippen molar-refractivity contribution < 1.29 is 28.9 Å². The molecule has 0 saturated carbocycles. The Balaban J connectivity index is 1.37. The van der Waals surface area contributed by atoms with E-state index in [2.05, 4.69) is 19.9 Å². The number of likely N-dealkylation sites (tertiary alicyclic amines) is 1. The molecule has 7 heteroatoms. The van der Waals surface area contributed by atoms with Crippen LogP contribution < -0.4 is 9.47 Å². The highest BCUT2D eigenvalue weighted by atomic mass is 16.5. The largest absolute Gasteiger partial charge is 0.487 e. The van der Waals surface area contributed by atoms with E-state index in [1.54, 1.807) is 24.3 Å². The lowest BCUT2D eigenvalue weighted by Gasteiger charge is -2.50. The second kappa shape index (κ2) is 7.81. The molecular weight excluding hydrogens is 410 g/mol. The predicted molar refractivity (Wildman–Crippen MR) is 116 cm³/mol. The monoisotopic (exact) mass is 437 g/mol. The number of ether oxygens (including phenoxy) is 3. The Morgan fingerprint density at radius 3 is 2.81 bits per heavy atom. The maximum absolute atomic E-state index is 13.4. The third-order valence-corrected chi connectivity index (χ3v) is 6.86. The van der Waals surface area contributed by atoms with Crippen molar-refractivity contribution in [1.82, 2.24) is 4.90 Å². The zero-order valence-corrected chi connectivity index (χ0v) is 18.2. The van der Waals surface area contributed by atoms with Crippen molar-refractivity contribution in [2.45, 2.75) is 50.5 Å². The average Bonchev–Trinajstić information content (AvgIpc) is 3.19. The summed E-state index contributed by atoms with van der Waals surface area (Å²) >= 11 is 0. The number of carbonyl (C=O) groups is 2. The predicted octanol–water partition coefficient (Wildman–Crippen LogP) is 3.68. The van der Waals surface area contributed by atoms with E-state index in [1.807, 2.05) is 23.1 Å². The van der Waals surface area contributed by atoms with Gasteiger partial charge in [0, 0.05) is 23.6 Å². The molecule has 3 aliphatic heterocycles. The fourth-order valence-corrected chi connectivity index (χ4v) is 5.32. The van der Waals surface area contributed by atoms with E-state index < -0.39 is 18.2 Å². The quantitative estimate of drug-likeness (QED) is 0.785. The fourth-order valence-electron chi connectivity index (χ4n) is 5.32. The number of carbonyl (C=O) groups excluding carboxylic acids is 1. The molecule has 7 nitrogen and oxygen atoms in total. The van der Waals surface area contributed by atoms with Gasteiger partial charge >= 0.3 is 5.97 Å². The molecule has 0 radical (unpaired) electrons. The Morgan fingerprint density at radius 2 is 2.00 bits per heavy atom. The molecular formula is C25H27NO6. The molecule has 2 aromatic carbocycles. The number of rotatable bonds is 4. The molecule has 1 amide bonds. The number of amides is 1. The van der Waals surface area contributed by atoms with Crippen LogP contribution in [0.25, 0.3) is 0 Å². The number of aliphatic carboxylic acids is 1. The molecule has 1 N–H and O–H groups in total. The van der Waals surface area contributed by atoms with Crippen molar-refractivity contribution in [2.24, 2.45) is 5.92 Å². The Kier molecular flexibility index (Phi) is 5.08. The Morgan fingerprint density at radius 1 is 1.19 bits per heavy atom. The van der Waals surface area contributed by atoms with E-state index >= 15 is 0 Å². The minimum atomic E-state index is -1.06. The number of benzene rings is 2. The molecule has 3 aliphatic rings. The van der Waals surface area contributed by atoms with E-state index in [4.69, 9.17) is 19.3 Å². The number of nitrogens with zero attached hydrogens (tertiary/aromatic N) is 1. The van der Waals surface area contributed by atoms with Crippen LogP contribution in [-0.4, -0.2) is 52.8 Å². The first-order valence-corrected chi connectivity index (χ1v) is 11.0. The second-order valence-electron chi connectivity index (χ2n) is 9.25. The minimum absolute atomic E-state index is 0.0198. The van der Waals surface area contributed by atoms with Crippen molar-refractivity contribution in [3.63, 3.8) is 0 Å². The SMILES string of the molecule is CC1(C)Oc2ccccc2[C@H]2O[C@H]3CCN(C(=O)c4cccc(OCC(=O)O)c4)[C@@H]3C[C@@H]21. The maximum atomic E-state index is 13.4. The third kappa shape index (κ3) is 3.60. The molecule has 168 valence electrons. The lowest BCUT2D eigenvalue weighted by atomic mass is 9.74. The molecule has 2 aromatic rings. The zero-order chi connectivity index (χ0) is 22.5. The smallest absolute Gasteiger partial charge is 0.341 e. The van der Waals surface area contributed by atoms with Gasteiger partial charge in [-0.3, -0.25) is 4.79 Å². The molecule has 0 bridgehead atoms. The van der Waals surface area contributed by atoms with Crippen molar-refractivity contribution in [3.8, 4) is 11.5 Å². The molecule has 2 fully saturated rings. The first-order valence-electron chi connectivity index (χ1n) is 11.0. The van der Waals surface area contributed by atoms with E-state index in [9.17, 15) is 9.59 Å². The van der Waals surface area contributed by atoms with Crippen LogP contribution in [-0.2, 0) is 9.53 Å². The normalized spacial score (nSPS) is 27.5. The molecule has 0 aromatic heterocycles. The fraction of sp³-hybridized carbons (Fsp3) is 0.440. The van der Waals surface area contributed by atoms with Gasteiger partial charge in [-0.15, -0.1) is 0 Å².